The molecule has 1 aliphatic carbocycles. The molecule has 5 heteroatoms. The summed E-state index contributed by atoms with van der Waals surface area (Å²) in [5, 5.41) is 1.61. The van der Waals surface area contributed by atoms with Gasteiger partial charge in [-0.25, -0.2) is 0 Å². The topological polar surface area (TPSA) is 0 Å². The Hall–Kier alpha value is -0.539. The van der Waals surface area contributed by atoms with Gasteiger partial charge in [-0.15, -0.1) is 11.1 Å². The number of halogens is 3. The fourth-order valence-electron chi connectivity index (χ4n) is 5.04. The molecule has 0 spiro atoms. The van der Waals surface area contributed by atoms with Crippen molar-refractivity contribution in [3.8, 4) is 11.1 Å². The van der Waals surface area contributed by atoms with E-state index in [-0.39, 0.29) is 0 Å². The average molecular weight is 524 g/mol. The summed E-state index contributed by atoms with van der Waals surface area (Å²) in [4.78, 5) is 0. The van der Waals surface area contributed by atoms with E-state index in [4.69, 9.17) is 27.9 Å². The van der Waals surface area contributed by atoms with E-state index in [1.807, 2.05) is 0 Å². The number of aryl methyl sites for hydroxylation is 2. The second kappa shape index (κ2) is 11.1. The first-order chi connectivity index (χ1) is 14.8. The Kier molecular flexibility index (Phi) is 8.95. The molecule has 0 bridgehead atoms. The Balaban J connectivity index is 0.000000628. The first kappa shape index (κ1) is 25.1. The van der Waals surface area contributed by atoms with Gasteiger partial charge >= 0.3 is 42.6 Å². The summed E-state index contributed by atoms with van der Waals surface area (Å²) in [6, 6.07) is 27.8. The van der Waals surface area contributed by atoms with Crippen LogP contribution in [0.3, 0.4) is 0 Å². The molecule has 0 fully saturated rings. The summed E-state index contributed by atoms with van der Waals surface area (Å²) >= 11 is -1.92. The van der Waals surface area contributed by atoms with Crippen LogP contribution in [0.15, 0.2) is 60.7 Å². The molecule has 0 radical (unpaired) electrons. The third-order valence-electron chi connectivity index (χ3n) is 6.31. The van der Waals surface area contributed by atoms with Crippen LogP contribution < -0.4 is 5.19 Å². The quantitative estimate of drug-likeness (QED) is 0.232. The normalized spacial score (nSPS) is 15.9. The maximum absolute atomic E-state index is 4.97. The Morgan fingerprint density at radius 3 is 2.19 bits per heavy atom. The zero-order valence-electron chi connectivity index (χ0n) is 18.6. The average Bonchev–Trinajstić information content (AvgIpc) is 3.06. The molecule has 162 valence electrons. The van der Waals surface area contributed by atoms with Gasteiger partial charge in [-0.2, -0.15) is 24.3 Å². The molecular formula is C26H29Cl3SiTi. The van der Waals surface area contributed by atoms with Crippen LogP contribution in [-0.2, 0) is 14.7 Å². The van der Waals surface area contributed by atoms with E-state index in [2.05, 4.69) is 94.0 Å². The van der Waals surface area contributed by atoms with Gasteiger partial charge in [-0.1, -0.05) is 96.7 Å². The molecule has 0 saturated carbocycles. The molecule has 0 aliphatic heterocycles. The summed E-state index contributed by atoms with van der Waals surface area (Å²) in [6.07, 6.45) is 2.56. The van der Waals surface area contributed by atoms with Gasteiger partial charge in [0.2, 0.25) is 0 Å². The van der Waals surface area contributed by atoms with Gasteiger partial charge in [-0.3, -0.25) is 0 Å². The van der Waals surface area contributed by atoms with Gasteiger partial charge in [0.25, 0.3) is 0 Å². The Morgan fingerprint density at radius 2 is 1.55 bits per heavy atom. The molecule has 4 rings (SSSR count). The van der Waals surface area contributed by atoms with Gasteiger partial charge in [0.05, 0.1) is 8.07 Å². The fraction of sp³-hybridized carbons (Fsp3) is 0.308. The van der Waals surface area contributed by atoms with E-state index in [0.717, 1.165) is 0 Å². The van der Waals surface area contributed by atoms with Crippen LogP contribution in [0, 0.1) is 19.9 Å². The number of benzene rings is 3. The van der Waals surface area contributed by atoms with Crippen LogP contribution in [0.4, 0.5) is 0 Å². The molecule has 0 nitrogen and oxygen atoms in total. The van der Waals surface area contributed by atoms with E-state index < -0.39 is 22.8 Å². The zero-order valence-corrected chi connectivity index (χ0v) is 23.4. The molecule has 3 aromatic rings. The summed E-state index contributed by atoms with van der Waals surface area (Å²) in [5.41, 5.74) is 9.07. The number of hydrogen-bond donors (Lipinski definition) is 0. The summed E-state index contributed by atoms with van der Waals surface area (Å²) in [5.74, 6) is 0. The first-order valence-corrected chi connectivity index (χ1v) is 20.0. The van der Waals surface area contributed by atoms with Crippen molar-refractivity contribution in [2.75, 3.05) is 0 Å². The Labute approximate surface area is 206 Å². The van der Waals surface area contributed by atoms with Crippen molar-refractivity contribution in [1.29, 1.82) is 0 Å². The second-order valence-electron chi connectivity index (χ2n) is 8.63. The third kappa shape index (κ3) is 5.69. The van der Waals surface area contributed by atoms with Gasteiger partial charge in [-0.05, 0) is 25.0 Å². The summed E-state index contributed by atoms with van der Waals surface area (Å²) in [7, 11) is 13.1. The molecule has 1 aliphatic rings. The van der Waals surface area contributed by atoms with Crippen LogP contribution in [0.2, 0.25) is 12.6 Å². The van der Waals surface area contributed by atoms with E-state index in [1.165, 1.54) is 52.3 Å². The van der Waals surface area contributed by atoms with Crippen LogP contribution >= 0.6 is 27.9 Å². The molecule has 0 heterocycles. The van der Waals surface area contributed by atoms with Gasteiger partial charge in [0.15, 0.2) is 0 Å². The predicted molar refractivity (Wildman–Crippen MR) is 137 cm³/mol. The minimum atomic E-state index is -1.92. The molecule has 31 heavy (non-hydrogen) atoms. The second-order valence-corrected chi connectivity index (χ2v) is 20.9. The maximum atomic E-state index is 4.97. The zero-order chi connectivity index (χ0) is 22.6. The van der Waals surface area contributed by atoms with Crippen molar-refractivity contribution < 1.29 is 14.7 Å². The fourth-order valence-corrected chi connectivity index (χ4v) is 9.97. The third-order valence-corrected chi connectivity index (χ3v) is 11.2. The van der Waals surface area contributed by atoms with Crippen molar-refractivity contribution in [3.05, 3.63) is 89.0 Å². The standard InChI is InChI=1S/C26H29Si.3ClH.Ti/c1-5-6-15-27(4,21-17-19(2)16-20(3)18-21)26-24-13-9-7-11-22(24)23-12-8-10-14-25(23)26;;;;/h7-13,16-18,26H,5-6,15H2,1-4H3;3*1H;/q-1;;;;+4/p-3. The van der Waals surface area contributed by atoms with Crippen molar-refractivity contribution in [1.82, 2.24) is 0 Å². The van der Waals surface area contributed by atoms with E-state index >= 15 is 0 Å². The van der Waals surface area contributed by atoms with Crippen LogP contribution in [0.1, 0.15) is 47.6 Å². The molecule has 0 amide bonds. The monoisotopic (exact) mass is 522 g/mol. The van der Waals surface area contributed by atoms with Gasteiger partial charge in [0, 0.05) is 0 Å². The van der Waals surface area contributed by atoms with Crippen LogP contribution in [-0.4, -0.2) is 8.07 Å². The van der Waals surface area contributed by atoms with Gasteiger partial charge < -0.3 is 0 Å². The van der Waals surface area contributed by atoms with Crippen molar-refractivity contribution in [2.24, 2.45) is 0 Å². The SMILES string of the molecule is CCCC[Si](C)(c1cc(C)cc(C)c1)C1c2[c-]cccc2-c2ccccc21.[Cl][Ti+]([Cl])[Cl]. The predicted octanol–water partition coefficient (Wildman–Crippen LogP) is 8.61. The van der Waals surface area contributed by atoms with Gasteiger partial charge in [0.1, 0.15) is 0 Å². The van der Waals surface area contributed by atoms with Crippen LogP contribution in [0.5, 0.6) is 0 Å². The van der Waals surface area contributed by atoms with E-state index in [9.17, 15) is 0 Å². The van der Waals surface area contributed by atoms with Crippen molar-refractivity contribution in [2.45, 2.75) is 51.7 Å². The number of fused-ring (bicyclic) bond motifs is 3. The minimum absolute atomic E-state index is 0.498. The van der Waals surface area contributed by atoms with E-state index in [1.54, 1.807) is 5.19 Å². The van der Waals surface area contributed by atoms with Crippen molar-refractivity contribution in [3.63, 3.8) is 0 Å². The van der Waals surface area contributed by atoms with Crippen LogP contribution in [0.25, 0.3) is 11.1 Å². The summed E-state index contributed by atoms with van der Waals surface area (Å²) in [6.45, 7) is 9.43. The molecular weight excluding hydrogens is 495 g/mol. The number of hydrogen-bond acceptors (Lipinski definition) is 0. The molecule has 0 saturated heterocycles. The Morgan fingerprint density at radius 1 is 0.935 bits per heavy atom. The number of unbranched alkanes of at least 4 members (excludes halogenated alkanes) is 1. The number of rotatable bonds is 5. The van der Waals surface area contributed by atoms with E-state index in [0.29, 0.717) is 5.54 Å². The molecule has 2 unspecified atom stereocenters. The molecule has 0 N–H and O–H groups in total. The molecule has 2 atom stereocenters. The molecule has 3 aromatic carbocycles. The molecule has 0 aromatic heterocycles. The Bertz CT molecular complexity index is 968. The summed E-state index contributed by atoms with van der Waals surface area (Å²) < 4.78 is 0. The van der Waals surface area contributed by atoms with Crippen molar-refractivity contribution >= 4 is 41.2 Å². The first-order valence-electron chi connectivity index (χ1n) is 10.8.